The van der Waals surface area contributed by atoms with Gasteiger partial charge in [0.15, 0.2) is 0 Å². The normalized spacial score (nSPS) is 13.4. The van der Waals surface area contributed by atoms with Crippen LogP contribution in [0.15, 0.2) is 6.20 Å². The van der Waals surface area contributed by atoms with Crippen LogP contribution in [0.2, 0.25) is 0 Å². The first-order valence-corrected chi connectivity index (χ1v) is 6.69. The summed E-state index contributed by atoms with van der Waals surface area (Å²) in [6.45, 7) is 8.89. The van der Waals surface area contributed by atoms with Crippen LogP contribution in [0.3, 0.4) is 0 Å². The highest BCUT2D eigenvalue weighted by Crippen LogP contribution is 2.20. The summed E-state index contributed by atoms with van der Waals surface area (Å²) in [5, 5.41) is 7.04. The minimum absolute atomic E-state index is 0.00000283. The van der Waals surface area contributed by atoms with Crippen LogP contribution in [-0.2, 0) is 18.4 Å². The quantitative estimate of drug-likeness (QED) is 0.848. The number of hydrogen-bond acceptors (Lipinski definition) is 3. The Morgan fingerprint density at radius 2 is 2.16 bits per heavy atom. The molecule has 1 amide bonds. The van der Waals surface area contributed by atoms with E-state index >= 15 is 0 Å². The number of carbonyl (C=O) groups is 1. The molecule has 0 saturated heterocycles. The molecule has 0 aliphatic rings. The molecule has 0 aliphatic carbocycles. The number of nitrogens with zero attached hydrogens (tertiary/aromatic N) is 2. The topological polar surface area (TPSA) is 72.9 Å². The van der Waals surface area contributed by atoms with Gasteiger partial charge in [0.05, 0.1) is 6.20 Å². The number of aryl methyl sites for hydroxylation is 1. The number of nitrogens with two attached hydrogens (primary N) is 1. The summed E-state index contributed by atoms with van der Waals surface area (Å²) >= 11 is 0. The van der Waals surface area contributed by atoms with E-state index in [1.54, 1.807) is 10.9 Å². The lowest BCUT2D eigenvalue weighted by Crippen LogP contribution is -2.34. The zero-order chi connectivity index (χ0) is 14.6. The third kappa shape index (κ3) is 5.42. The second-order valence-corrected chi connectivity index (χ2v) is 6.38. The van der Waals surface area contributed by atoms with E-state index in [-0.39, 0.29) is 17.4 Å². The van der Waals surface area contributed by atoms with Gasteiger partial charge >= 0.3 is 0 Å². The van der Waals surface area contributed by atoms with Crippen LogP contribution in [0.5, 0.6) is 0 Å². The summed E-state index contributed by atoms with van der Waals surface area (Å²) in [6.07, 6.45) is 2.99. The molecule has 1 atom stereocenters. The Morgan fingerprint density at radius 1 is 1.53 bits per heavy atom. The highest BCUT2D eigenvalue weighted by molar-refractivity contribution is 5.76. The van der Waals surface area contributed by atoms with E-state index in [4.69, 9.17) is 5.73 Å². The maximum absolute atomic E-state index is 11.8. The maximum atomic E-state index is 11.8. The van der Waals surface area contributed by atoms with Crippen molar-refractivity contribution >= 4 is 5.91 Å². The third-order valence-corrected chi connectivity index (χ3v) is 3.14. The molecule has 1 rings (SSSR count). The number of aromatic nitrogens is 2. The van der Waals surface area contributed by atoms with E-state index < -0.39 is 0 Å². The Kier molecular flexibility index (Phi) is 5.11. The smallest absolute Gasteiger partial charge is 0.221 e. The van der Waals surface area contributed by atoms with E-state index in [0.29, 0.717) is 13.0 Å². The van der Waals surface area contributed by atoms with Gasteiger partial charge < -0.3 is 11.1 Å². The van der Waals surface area contributed by atoms with Crippen molar-refractivity contribution in [3.05, 3.63) is 17.5 Å². The van der Waals surface area contributed by atoms with Gasteiger partial charge in [-0.1, -0.05) is 20.8 Å². The first-order chi connectivity index (χ1) is 8.69. The molecule has 0 fully saturated rings. The molecule has 1 aromatic rings. The van der Waals surface area contributed by atoms with E-state index in [9.17, 15) is 4.79 Å². The van der Waals surface area contributed by atoms with Gasteiger partial charge in [0.2, 0.25) is 5.91 Å². The van der Waals surface area contributed by atoms with Crippen molar-refractivity contribution in [2.45, 2.75) is 53.1 Å². The molecular weight excluding hydrogens is 240 g/mol. The molecule has 1 unspecified atom stereocenters. The SMILES string of the molecule is Cc1c(CNC(=O)CC(N)CC(C)(C)C)cnn1C. The molecule has 108 valence electrons. The summed E-state index contributed by atoms with van der Waals surface area (Å²) < 4.78 is 1.80. The number of nitrogens with one attached hydrogen (secondary N) is 1. The molecule has 1 aromatic heterocycles. The summed E-state index contributed by atoms with van der Waals surface area (Å²) in [5.74, 6) is 0.00000283. The second kappa shape index (κ2) is 6.19. The first-order valence-electron chi connectivity index (χ1n) is 6.69. The standard InChI is InChI=1S/C14H26N4O/c1-10-11(9-17-18(10)5)8-16-13(19)6-12(15)7-14(2,3)4/h9,12H,6-8,15H2,1-5H3,(H,16,19). The largest absolute Gasteiger partial charge is 0.352 e. The van der Waals surface area contributed by atoms with E-state index in [1.807, 2.05) is 14.0 Å². The Morgan fingerprint density at radius 3 is 2.63 bits per heavy atom. The Labute approximate surface area is 115 Å². The predicted molar refractivity (Wildman–Crippen MR) is 76.5 cm³/mol. The van der Waals surface area contributed by atoms with Gasteiger partial charge in [-0.3, -0.25) is 9.48 Å². The summed E-state index contributed by atoms with van der Waals surface area (Å²) in [7, 11) is 1.89. The van der Waals surface area contributed by atoms with Crippen molar-refractivity contribution in [1.29, 1.82) is 0 Å². The minimum Gasteiger partial charge on any atom is -0.352 e. The highest BCUT2D eigenvalue weighted by atomic mass is 16.1. The Balaban J connectivity index is 2.38. The van der Waals surface area contributed by atoms with Gasteiger partial charge in [0.25, 0.3) is 0 Å². The molecule has 0 spiro atoms. The molecule has 5 heteroatoms. The number of carbonyl (C=O) groups excluding carboxylic acids is 1. The lowest BCUT2D eigenvalue weighted by Gasteiger charge is -2.22. The molecule has 5 nitrogen and oxygen atoms in total. The van der Waals surface area contributed by atoms with Gasteiger partial charge in [-0.15, -0.1) is 0 Å². The first kappa shape index (κ1) is 15.7. The zero-order valence-electron chi connectivity index (χ0n) is 12.7. The molecule has 0 saturated carbocycles. The minimum atomic E-state index is -0.0880. The van der Waals surface area contributed by atoms with Crippen molar-refractivity contribution in [1.82, 2.24) is 15.1 Å². The fourth-order valence-corrected chi connectivity index (χ4v) is 2.08. The number of amides is 1. The van der Waals surface area contributed by atoms with Crippen LogP contribution in [0.1, 0.15) is 44.9 Å². The highest BCUT2D eigenvalue weighted by Gasteiger charge is 2.18. The van der Waals surface area contributed by atoms with E-state index in [0.717, 1.165) is 17.7 Å². The lowest BCUT2D eigenvalue weighted by molar-refractivity contribution is -0.121. The van der Waals surface area contributed by atoms with Crippen LogP contribution < -0.4 is 11.1 Å². The molecule has 0 radical (unpaired) electrons. The van der Waals surface area contributed by atoms with Crippen LogP contribution >= 0.6 is 0 Å². The fraction of sp³-hybridized carbons (Fsp3) is 0.714. The van der Waals surface area contributed by atoms with Crippen molar-refractivity contribution in [2.24, 2.45) is 18.2 Å². The van der Waals surface area contributed by atoms with Gasteiger partial charge in [-0.05, 0) is 18.8 Å². The average Bonchev–Trinajstić information content (AvgIpc) is 2.54. The van der Waals surface area contributed by atoms with Gasteiger partial charge in [-0.25, -0.2) is 0 Å². The summed E-state index contributed by atoms with van der Waals surface area (Å²) in [4.78, 5) is 11.8. The Hall–Kier alpha value is -1.36. The Bertz CT molecular complexity index is 431. The van der Waals surface area contributed by atoms with E-state index in [1.165, 1.54) is 0 Å². The number of hydrogen-bond donors (Lipinski definition) is 2. The molecular formula is C14H26N4O. The average molecular weight is 266 g/mol. The van der Waals surface area contributed by atoms with Crippen LogP contribution in [0, 0.1) is 12.3 Å². The molecule has 3 N–H and O–H groups in total. The van der Waals surface area contributed by atoms with Crippen LogP contribution in [0.25, 0.3) is 0 Å². The van der Waals surface area contributed by atoms with Gasteiger partial charge in [-0.2, -0.15) is 5.10 Å². The van der Waals surface area contributed by atoms with Crippen molar-refractivity contribution in [3.8, 4) is 0 Å². The fourth-order valence-electron chi connectivity index (χ4n) is 2.08. The molecule has 0 bridgehead atoms. The predicted octanol–water partition coefficient (Wildman–Crippen LogP) is 1.50. The van der Waals surface area contributed by atoms with Crippen LogP contribution in [0.4, 0.5) is 0 Å². The molecule has 0 aliphatic heterocycles. The van der Waals surface area contributed by atoms with E-state index in [2.05, 4.69) is 31.2 Å². The van der Waals surface area contributed by atoms with Crippen molar-refractivity contribution in [3.63, 3.8) is 0 Å². The summed E-state index contributed by atoms with van der Waals surface area (Å²) in [6, 6.07) is -0.0880. The van der Waals surface area contributed by atoms with Crippen molar-refractivity contribution < 1.29 is 4.79 Å². The third-order valence-electron chi connectivity index (χ3n) is 3.14. The second-order valence-electron chi connectivity index (χ2n) is 6.38. The monoisotopic (exact) mass is 266 g/mol. The number of rotatable bonds is 5. The lowest BCUT2D eigenvalue weighted by atomic mass is 9.87. The molecule has 19 heavy (non-hydrogen) atoms. The zero-order valence-corrected chi connectivity index (χ0v) is 12.7. The van der Waals surface area contributed by atoms with Crippen LogP contribution in [-0.4, -0.2) is 21.7 Å². The van der Waals surface area contributed by atoms with Gasteiger partial charge in [0.1, 0.15) is 0 Å². The van der Waals surface area contributed by atoms with Crippen molar-refractivity contribution in [2.75, 3.05) is 0 Å². The maximum Gasteiger partial charge on any atom is 0.221 e. The van der Waals surface area contributed by atoms with Gasteiger partial charge in [0, 0.05) is 37.3 Å². The summed E-state index contributed by atoms with van der Waals surface area (Å²) in [5.41, 5.74) is 8.25. The molecule has 0 aromatic carbocycles. The molecule has 1 heterocycles.